The van der Waals surface area contributed by atoms with Crippen molar-refractivity contribution >= 4 is 29.3 Å². The zero-order valence-electron chi connectivity index (χ0n) is 15.3. The number of carbonyl (C=O) groups is 2. The molecule has 0 saturated heterocycles. The van der Waals surface area contributed by atoms with Crippen LogP contribution in [0.1, 0.15) is 24.9 Å². The van der Waals surface area contributed by atoms with E-state index >= 15 is 0 Å². The molecule has 2 N–H and O–H groups in total. The normalized spacial score (nSPS) is 16.8. The number of nitrogens with zero attached hydrogens (tertiary/aromatic N) is 2. The summed E-state index contributed by atoms with van der Waals surface area (Å²) >= 11 is 1.44. The monoisotopic (exact) mass is 392 g/mol. The van der Waals surface area contributed by atoms with Crippen LogP contribution in [0.5, 0.6) is 0 Å². The summed E-state index contributed by atoms with van der Waals surface area (Å²) in [5, 5.41) is 5.44. The Morgan fingerprint density at radius 1 is 1.25 bits per heavy atom. The van der Waals surface area contributed by atoms with Crippen molar-refractivity contribution in [2.45, 2.75) is 29.5 Å². The van der Waals surface area contributed by atoms with Crippen LogP contribution in [-0.2, 0) is 9.59 Å². The maximum absolute atomic E-state index is 12.5. The maximum Gasteiger partial charge on any atom is 0.238 e. The Bertz CT molecular complexity index is 986. The second-order valence-corrected chi connectivity index (χ2v) is 7.89. The SMILES string of the molecule is CC(NC(=O)CC1Sc2ccccc2NC1=O)c1ccc(-n2ccnc2)cc1. The largest absolute Gasteiger partial charge is 0.350 e. The number of nitrogens with one attached hydrogen (secondary N) is 2. The first-order chi connectivity index (χ1) is 13.6. The Morgan fingerprint density at radius 2 is 2.04 bits per heavy atom. The van der Waals surface area contributed by atoms with E-state index in [2.05, 4.69) is 15.6 Å². The fourth-order valence-electron chi connectivity index (χ4n) is 3.13. The van der Waals surface area contributed by atoms with E-state index in [9.17, 15) is 9.59 Å². The number of hydrogen-bond donors (Lipinski definition) is 2. The summed E-state index contributed by atoms with van der Waals surface area (Å²) in [7, 11) is 0. The topological polar surface area (TPSA) is 76.0 Å². The summed E-state index contributed by atoms with van der Waals surface area (Å²) in [5.74, 6) is -0.269. The average Bonchev–Trinajstić information content (AvgIpc) is 3.23. The molecule has 0 radical (unpaired) electrons. The first-order valence-corrected chi connectivity index (χ1v) is 9.92. The number of benzene rings is 2. The van der Waals surface area contributed by atoms with Crippen LogP contribution >= 0.6 is 11.8 Å². The average molecular weight is 392 g/mol. The first kappa shape index (κ1) is 18.3. The lowest BCUT2D eigenvalue weighted by atomic mass is 10.1. The van der Waals surface area contributed by atoms with Crippen LogP contribution in [0.25, 0.3) is 5.69 Å². The molecule has 0 aliphatic carbocycles. The number of amides is 2. The van der Waals surface area contributed by atoms with Crippen molar-refractivity contribution in [3.05, 3.63) is 72.8 Å². The van der Waals surface area contributed by atoms with Crippen LogP contribution in [0.4, 0.5) is 5.69 Å². The van der Waals surface area contributed by atoms with E-state index in [0.29, 0.717) is 0 Å². The number of fused-ring (bicyclic) bond motifs is 1. The Kier molecular flexibility index (Phi) is 5.16. The van der Waals surface area contributed by atoms with Gasteiger partial charge in [-0.15, -0.1) is 11.8 Å². The molecule has 1 aliphatic rings. The van der Waals surface area contributed by atoms with Crippen molar-refractivity contribution in [2.24, 2.45) is 0 Å². The summed E-state index contributed by atoms with van der Waals surface area (Å²) in [6.45, 7) is 1.94. The predicted molar refractivity (Wildman–Crippen MR) is 109 cm³/mol. The molecule has 7 heteroatoms. The zero-order valence-corrected chi connectivity index (χ0v) is 16.1. The standard InChI is InChI=1S/C21H20N4O2S/c1-14(15-6-8-16(9-7-15)25-11-10-22-13-25)23-20(26)12-19-21(27)24-17-4-2-3-5-18(17)28-19/h2-11,13-14,19H,12H2,1H3,(H,23,26)(H,24,27). The number of carbonyl (C=O) groups excluding carboxylic acids is 2. The van der Waals surface area contributed by atoms with Crippen LogP contribution in [0.15, 0.2) is 72.1 Å². The zero-order chi connectivity index (χ0) is 19.5. The van der Waals surface area contributed by atoms with Crippen molar-refractivity contribution < 1.29 is 9.59 Å². The van der Waals surface area contributed by atoms with Crippen LogP contribution in [-0.4, -0.2) is 26.6 Å². The molecule has 4 rings (SSSR count). The van der Waals surface area contributed by atoms with E-state index in [4.69, 9.17) is 0 Å². The van der Waals surface area contributed by atoms with Crippen LogP contribution < -0.4 is 10.6 Å². The molecule has 3 aromatic rings. The predicted octanol–water partition coefficient (Wildman–Crippen LogP) is 3.55. The maximum atomic E-state index is 12.5. The lowest BCUT2D eigenvalue weighted by Crippen LogP contribution is -2.35. The van der Waals surface area contributed by atoms with Gasteiger partial charge in [-0.1, -0.05) is 24.3 Å². The van der Waals surface area contributed by atoms with Gasteiger partial charge in [-0.05, 0) is 36.8 Å². The van der Waals surface area contributed by atoms with Crippen molar-refractivity contribution in [1.82, 2.24) is 14.9 Å². The Hall–Kier alpha value is -3.06. The van der Waals surface area contributed by atoms with Gasteiger partial charge in [0.15, 0.2) is 0 Å². The van der Waals surface area contributed by atoms with Crippen LogP contribution in [0.3, 0.4) is 0 Å². The highest BCUT2D eigenvalue weighted by molar-refractivity contribution is 8.01. The lowest BCUT2D eigenvalue weighted by Gasteiger charge is -2.24. The van der Waals surface area contributed by atoms with Gasteiger partial charge in [-0.3, -0.25) is 9.59 Å². The molecular weight excluding hydrogens is 372 g/mol. The molecule has 0 fully saturated rings. The minimum atomic E-state index is -0.425. The second-order valence-electron chi connectivity index (χ2n) is 6.65. The molecule has 2 heterocycles. The molecule has 2 unspecified atom stereocenters. The number of aromatic nitrogens is 2. The quantitative estimate of drug-likeness (QED) is 0.696. The van der Waals surface area contributed by atoms with Gasteiger partial charge in [0.25, 0.3) is 0 Å². The lowest BCUT2D eigenvalue weighted by molar-refractivity contribution is -0.124. The van der Waals surface area contributed by atoms with E-state index in [1.54, 1.807) is 12.5 Å². The van der Waals surface area contributed by atoms with Crippen LogP contribution in [0, 0.1) is 0 Å². The number of anilines is 1. The van der Waals surface area contributed by atoms with E-state index in [1.165, 1.54) is 11.8 Å². The smallest absolute Gasteiger partial charge is 0.238 e. The van der Waals surface area contributed by atoms with Gasteiger partial charge in [0, 0.05) is 29.4 Å². The fourth-order valence-corrected chi connectivity index (χ4v) is 4.24. The fraction of sp³-hybridized carbons (Fsp3) is 0.190. The molecule has 0 saturated carbocycles. The van der Waals surface area contributed by atoms with Gasteiger partial charge in [0.1, 0.15) is 0 Å². The van der Waals surface area contributed by atoms with Crippen molar-refractivity contribution in [2.75, 3.05) is 5.32 Å². The highest BCUT2D eigenvalue weighted by atomic mass is 32.2. The minimum Gasteiger partial charge on any atom is -0.350 e. The molecule has 28 heavy (non-hydrogen) atoms. The number of thioether (sulfide) groups is 1. The molecule has 1 aliphatic heterocycles. The second kappa shape index (κ2) is 7.90. The molecule has 0 bridgehead atoms. The summed E-state index contributed by atoms with van der Waals surface area (Å²) < 4.78 is 1.92. The van der Waals surface area contributed by atoms with Crippen molar-refractivity contribution in [3.63, 3.8) is 0 Å². The minimum absolute atomic E-state index is 0.129. The number of rotatable bonds is 5. The number of imidazole rings is 1. The van der Waals surface area contributed by atoms with Crippen LogP contribution in [0.2, 0.25) is 0 Å². The molecule has 0 spiro atoms. The highest BCUT2D eigenvalue weighted by Crippen LogP contribution is 2.36. The van der Waals surface area contributed by atoms with E-state index in [-0.39, 0.29) is 24.3 Å². The first-order valence-electron chi connectivity index (χ1n) is 9.04. The van der Waals surface area contributed by atoms with Gasteiger partial charge >= 0.3 is 0 Å². The van der Waals surface area contributed by atoms with Crippen molar-refractivity contribution in [3.8, 4) is 5.69 Å². The highest BCUT2D eigenvalue weighted by Gasteiger charge is 2.29. The molecule has 2 aromatic carbocycles. The summed E-state index contributed by atoms with van der Waals surface area (Å²) in [4.78, 5) is 29.8. The third-order valence-electron chi connectivity index (χ3n) is 4.65. The molecule has 2 amide bonds. The van der Waals surface area contributed by atoms with Gasteiger partial charge in [-0.25, -0.2) is 4.98 Å². The van der Waals surface area contributed by atoms with E-state index in [1.807, 2.05) is 66.2 Å². The molecule has 2 atom stereocenters. The van der Waals surface area contributed by atoms with Crippen molar-refractivity contribution in [1.29, 1.82) is 0 Å². The van der Waals surface area contributed by atoms with Gasteiger partial charge in [-0.2, -0.15) is 0 Å². The Balaban J connectivity index is 1.36. The molecule has 6 nitrogen and oxygen atoms in total. The Morgan fingerprint density at radius 3 is 2.79 bits per heavy atom. The molecule has 142 valence electrons. The molecular formula is C21H20N4O2S. The summed E-state index contributed by atoms with van der Waals surface area (Å²) in [6.07, 6.45) is 5.49. The number of hydrogen-bond acceptors (Lipinski definition) is 4. The van der Waals surface area contributed by atoms with Gasteiger partial charge in [0.05, 0.1) is 23.3 Å². The van der Waals surface area contributed by atoms with E-state index in [0.717, 1.165) is 21.8 Å². The third kappa shape index (κ3) is 3.94. The van der Waals surface area contributed by atoms with Gasteiger partial charge in [0.2, 0.25) is 11.8 Å². The van der Waals surface area contributed by atoms with E-state index < -0.39 is 5.25 Å². The summed E-state index contributed by atoms with van der Waals surface area (Å²) in [5.41, 5.74) is 2.82. The summed E-state index contributed by atoms with van der Waals surface area (Å²) in [6, 6.07) is 15.4. The Labute approximate surface area is 167 Å². The number of para-hydroxylation sites is 1. The third-order valence-corrected chi connectivity index (χ3v) is 5.93. The molecule has 1 aromatic heterocycles. The van der Waals surface area contributed by atoms with Gasteiger partial charge < -0.3 is 15.2 Å².